The molecule has 10 aliphatic rings. The van der Waals surface area contributed by atoms with Gasteiger partial charge in [-0.15, -0.1) is 0 Å². The highest BCUT2D eigenvalue weighted by Gasteiger charge is 2.39. The van der Waals surface area contributed by atoms with Crippen molar-refractivity contribution in [3.63, 3.8) is 0 Å². The van der Waals surface area contributed by atoms with Crippen LogP contribution in [0.4, 0.5) is 0 Å². The largest absolute Gasteiger partial charge is 0.300 e. The number of fused-ring (bicyclic) bond motifs is 5. The molecule has 5 nitrogen and oxygen atoms in total. The molecule has 0 aromatic heterocycles. The van der Waals surface area contributed by atoms with E-state index in [1.165, 1.54) is 193 Å². The van der Waals surface area contributed by atoms with E-state index in [2.05, 4.69) is 93.7 Å². The third-order valence-corrected chi connectivity index (χ3v) is 18.4. The smallest absolute Gasteiger partial charge is 0.0122 e. The van der Waals surface area contributed by atoms with Crippen molar-refractivity contribution in [2.75, 3.05) is 39.3 Å². The van der Waals surface area contributed by atoms with Gasteiger partial charge in [-0.05, 0) is 190 Å². The summed E-state index contributed by atoms with van der Waals surface area (Å²) >= 11 is 0. The molecule has 0 bridgehead atoms. The van der Waals surface area contributed by atoms with Crippen LogP contribution in [0, 0.1) is 35.5 Å². The minimum Gasteiger partial charge on any atom is -0.300 e. The summed E-state index contributed by atoms with van der Waals surface area (Å²) in [6.45, 7) is 32.1. The van der Waals surface area contributed by atoms with E-state index in [0.717, 1.165) is 89.9 Å². The van der Waals surface area contributed by atoms with E-state index in [9.17, 15) is 0 Å². The first-order valence-electron chi connectivity index (χ1n) is 27.7. The number of hydrogen-bond donors (Lipinski definition) is 0. The first-order chi connectivity index (χ1) is 28.9. The number of nitrogens with zero attached hydrogens (tertiary/aromatic N) is 5. The van der Waals surface area contributed by atoms with Crippen molar-refractivity contribution >= 4 is 0 Å². The topological polar surface area (TPSA) is 16.2 Å². The van der Waals surface area contributed by atoms with Crippen LogP contribution < -0.4 is 0 Å². The van der Waals surface area contributed by atoms with Gasteiger partial charge in [-0.25, -0.2) is 0 Å². The maximum absolute atomic E-state index is 2.82. The van der Waals surface area contributed by atoms with Crippen molar-refractivity contribution < 1.29 is 0 Å². The predicted octanol–water partition coefficient (Wildman–Crippen LogP) is 13.2. The standard InChI is InChI=1S/C12H23N.3C11H21N.C10H19N/c1-10(2)12-8-5-7-11-6-3-4-9-13(11)12;1-9(2)11-7-3-5-10-6-4-8-12(10)11;1-9(2)11-7-6-10-5-3-4-8-12(10)11;1-9(2)10-7-11-5-3-4-6-12(11)8-10;1-8(2)10-6-5-9-4-3-7-11(9)10/h10-12H,3-9H2,1-2H3;3*9-11H,3-8H2,1-2H3;8-10H,3-7H2,1-2H3. The molecule has 0 N–H and O–H groups in total. The van der Waals surface area contributed by atoms with Crippen molar-refractivity contribution in [2.45, 2.75) is 278 Å². The van der Waals surface area contributed by atoms with Crippen LogP contribution in [0.3, 0.4) is 0 Å². The molecular weight excluding hydrogens is 731 g/mol. The summed E-state index contributed by atoms with van der Waals surface area (Å²) in [6, 6.07) is 8.46. The molecule has 10 fully saturated rings. The second kappa shape index (κ2) is 24.4. The van der Waals surface area contributed by atoms with Crippen LogP contribution in [0.2, 0.25) is 0 Å². The summed E-state index contributed by atoms with van der Waals surface area (Å²) in [6.07, 6.45) is 35.2. The molecule has 10 atom stereocenters. The molecule has 0 saturated carbocycles. The van der Waals surface area contributed by atoms with Crippen molar-refractivity contribution in [3.8, 4) is 0 Å². The lowest BCUT2D eigenvalue weighted by atomic mass is 9.84. The molecule has 0 aromatic carbocycles. The van der Waals surface area contributed by atoms with E-state index in [0.29, 0.717) is 0 Å². The Morgan fingerprint density at radius 1 is 0.283 bits per heavy atom. The SMILES string of the molecule is CC(C)C1CC2CCCCN2C1.CC(C)C1CCC2CCCCN21.CC(C)C1CCC2CCCN21.CC(C)C1CCCC2CCCCN21.CC(C)C1CCCC2CCCN21. The van der Waals surface area contributed by atoms with Gasteiger partial charge in [-0.3, -0.25) is 19.6 Å². The molecule has 0 amide bonds. The van der Waals surface area contributed by atoms with Crippen LogP contribution >= 0.6 is 0 Å². The third-order valence-electron chi connectivity index (χ3n) is 18.4. The maximum Gasteiger partial charge on any atom is 0.0122 e. The van der Waals surface area contributed by atoms with Gasteiger partial charge >= 0.3 is 0 Å². The lowest BCUT2D eigenvalue weighted by Gasteiger charge is -2.46. The Bertz CT molecular complexity index is 1160. The van der Waals surface area contributed by atoms with Gasteiger partial charge in [-0.2, -0.15) is 0 Å². The average molecular weight is 836 g/mol. The number of rotatable bonds is 5. The molecule has 0 aromatic rings. The first kappa shape index (κ1) is 49.2. The quantitative estimate of drug-likeness (QED) is 0.273. The number of hydrogen-bond acceptors (Lipinski definition) is 5. The summed E-state index contributed by atoms with van der Waals surface area (Å²) in [5.41, 5.74) is 0. The molecular formula is C55H105N5. The Hall–Kier alpha value is -0.200. The van der Waals surface area contributed by atoms with Gasteiger partial charge in [0.25, 0.3) is 0 Å². The molecule has 0 aliphatic carbocycles. The van der Waals surface area contributed by atoms with Crippen LogP contribution in [-0.2, 0) is 0 Å². The van der Waals surface area contributed by atoms with Crippen molar-refractivity contribution in [2.24, 2.45) is 35.5 Å². The van der Waals surface area contributed by atoms with Gasteiger partial charge in [0.15, 0.2) is 0 Å². The van der Waals surface area contributed by atoms with Crippen LogP contribution in [-0.4, -0.2) is 118 Å². The van der Waals surface area contributed by atoms with E-state index >= 15 is 0 Å². The minimum absolute atomic E-state index is 0.862. The van der Waals surface area contributed by atoms with E-state index in [-0.39, 0.29) is 0 Å². The number of piperidine rings is 5. The Kier molecular flexibility index (Phi) is 20.0. The van der Waals surface area contributed by atoms with Gasteiger partial charge in [0.05, 0.1) is 0 Å². The van der Waals surface area contributed by atoms with Gasteiger partial charge in [0.1, 0.15) is 0 Å². The van der Waals surface area contributed by atoms with Crippen LogP contribution in [0.1, 0.15) is 223 Å². The summed E-state index contributed by atoms with van der Waals surface area (Å²) in [7, 11) is 0. The van der Waals surface area contributed by atoms with Gasteiger partial charge in [0, 0.05) is 60.9 Å². The Labute approximate surface area is 375 Å². The average Bonchev–Trinajstić information content (AvgIpc) is 4.09. The zero-order chi connectivity index (χ0) is 42.8. The van der Waals surface area contributed by atoms with Gasteiger partial charge in [-0.1, -0.05) is 101 Å². The zero-order valence-electron chi connectivity index (χ0n) is 42.1. The van der Waals surface area contributed by atoms with Crippen molar-refractivity contribution in [1.82, 2.24) is 24.5 Å². The molecule has 60 heavy (non-hydrogen) atoms. The molecule has 5 heteroatoms. The normalized spacial score (nSPS) is 37.2. The molecule has 10 heterocycles. The highest BCUT2D eigenvalue weighted by molar-refractivity contribution is 4.94. The molecule has 0 radical (unpaired) electrons. The predicted molar refractivity (Wildman–Crippen MR) is 261 cm³/mol. The molecule has 10 rings (SSSR count). The second-order valence-corrected chi connectivity index (χ2v) is 24.0. The Morgan fingerprint density at radius 3 is 1.02 bits per heavy atom. The van der Waals surface area contributed by atoms with Gasteiger partial charge in [0.2, 0.25) is 0 Å². The molecule has 0 spiro atoms. The fraction of sp³-hybridized carbons (Fsp3) is 1.00. The highest BCUT2D eigenvalue weighted by atomic mass is 15.2. The van der Waals surface area contributed by atoms with E-state index in [1.54, 1.807) is 0 Å². The lowest BCUT2D eigenvalue weighted by Crippen LogP contribution is -2.51. The summed E-state index contributed by atoms with van der Waals surface area (Å²) in [5, 5.41) is 0. The first-order valence-corrected chi connectivity index (χ1v) is 27.7. The molecule has 350 valence electrons. The van der Waals surface area contributed by atoms with E-state index < -0.39 is 0 Å². The monoisotopic (exact) mass is 836 g/mol. The van der Waals surface area contributed by atoms with Crippen LogP contribution in [0.5, 0.6) is 0 Å². The van der Waals surface area contributed by atoms with E-state index in [4.69, 9.17) is 0 Å². The highest BCUT2D eigenvalue weighted by Crippen LogP contribution is 2.38. The maximum atomic E-state index is 2.82. The van der Waals surface area contributed by atoms with E-state index in [1.807, 2.05) is 0 Å². The lowest BCUT2D eigenvalue weighted by molar-refractivity contribution is 0.0298. The fourth-order valence-electron chi connectivity index (χ4n) is 14.9. The van der Waals surface area contributed by atoms with Crippen LogP contribution in [0.15, 0.2) is 0 Å². The third kappa shape index (κ3) is 13.2. The summed E-state index contributed by atoms with van der Waals surface area (Å²) < 4.78 is 0. The van der Waals surface area contributed by atoms with Crippen LogP contribution in [0.25, 0.3) is 0 Å². The zero-order valence-corrected chi connectivity index (χ0v) is 42.1. The minimum atomic E-state index is 0.862. The Morgan fingerprint density at radius 2 is 0.617 bits per heavy atom. The van der Waals surface area contributed by atoms with Crippen molar-refractivity contribution in [3.05, 3.63) is 0 Å². The Balaban J connectivity index is 0.000000126. The van der Waals surface area contributed by atoms with Gasteiger partial charge < -0.3 is 4.90 Å². The molecule has 10 unspecified atom stereocenters. The summed E-state index contributed by atoms with van der Waals surface area (Å²) in [4.78, 5) is 13.9. The van der Waals surface area contributed by atoms with Crippen molar-refractivity contribution in [1.29, 1.82) is 0 Å². The fourth-order valence-corrected chi connectivity index (χ4v) is 14.9. The molecule has 10 aliphatic heterocycles. The second-order valence-electron chi connectivity index (χ2n) is 24.0. The summed E-state index contributed by atoms with van der Waals surface area (Å²) in [5.74, 6) is 5.36. The molecule has 10 saturated heterocycles.